The molecule has 0 aliphatic carbocycles. The van der Waals surface area contributed by atoms with Gasteiger partial charge in [-0.1, -0.05) is 54.6 Å². The average Bonchev–Trinajstić information content (AvgIpc) is 2.88. The average molecular weight is 461 g/mol. The fourth-order valence-electron chi connectivity index (χ4n) is 3.53. The number of hydrogen-bond acceptors (Lipinski definition) is 6. The van der Waals surface area contributed by atoms with E-state index in [-0.39, 0.29) is 11.5 Å². The Hall–Kier alpha value is -4.19. The second-order valence-corrected chi connectivity index (χ2v) is 7.31. The third-order valence-electron chi connectivity index (χ3n) is 5.29. The van der Waals surface area contributed by atoms with E-state index < -0.39 is 0 Å². The molecule has 0 fully saturated rings. The van der Waals surface area contributed by atoms with Crippen molar-refractivity contribution in [2.75, 3.05) is 28.4 Å². The van der Waals surface area contributed by atoms with Crippen molar-refractivity contribution in [2.24, 2.45) is 0 Å². The first-order valence-corrected chi connectivity index (χ1v) is 10.6. The Morgan fingerprint density at radius 1 is 0.824 bits per heavy atom. The lowest BCUT2D eigenvalue weighted by Gasteiger charge is -2.13. The summed E-state index contributed by atoms with van der Waals surface area (Å²) in [6, 6.07) is 16.3. The maximum atomic E-state index is 12.4. The van der Waals surface area contributed by atoms with Gasteiger partial charge in [-0.05, 0) is 41.8 Å². The maximum Gasteiger partial charge on any atom is 0.203 e. The van der Waals surface area contributed by atoms with Gasteiger partial charge in [0.15, 0.2) is 28.8 Å². The number of rotatable bonds is 10. The molecular formula is C28H28O6. The molecule has 0 amide bonds. The number of ether oxygens (including phenoxy) is 4. The molecule has 3 aromatic rings. The first-order chi connectivity index (χ1) is 16.5. The zero-order valence-corrected chi connectivity index (χ0v) is 19.7. The number of phenolic OH excluding ortho intramolecular Hbond substituents is 1. The number of hydrogen-bond donors (Lipinski definition) is 1. The predicted octanol–water partition coefficient (Wildman–Crippen LogP) is 5.58. The van der Waals surface area contributed by atoms with E-state index in [9.17, 15) is 9.90 Å². The van der Waals surface area contributed by atoms with Gasteiger partial charge in [0.25, 0.3) is 0 Å². The van der Waals surface area contributed by atoms with Gasteiger partial charge in [-0.25, -0.2) is 0 Å². The van der Waals surface area contributed by atoms with Gasteiger partial charge < -0.3 is 24.1 Å². The van der Waals surface area contributed by atoms with Crippen molar-refractivity contribution in [1.29, 1.82) is 0 Å². The molecule has 0 bridgehead atoms. The van der Waals surface area contributed by atoms with Crippen LogP contribution in [-0.4, -0.2) is 39.3 Å². The molecule has 1 N–H and O–H groups in total. The van der Waals surface area contributed by atoms with E-state index in [0.29, 0.717) is 40.5 Å². The van der Waals surface area contributed by atoms with Gasteiger partial charge in [0.1, 0.15) is 0 Å². The molecule has 0 saturated heterocycles. The topological polar surface area (TPSA) is 74.2 Å². The minimum atomic E-state index is -0.0995. The Morgan fingerprint density at radius 3 is 2.06 bits per heavy atom. The molecule has 0 radical (unpaired) electrons. The van der Waals surface area contributed by atoms with Crippen molar-refractivity contribution in [3.05, 3.63) is 89.0 Å². The highest BCUT2D eigenvalue weighted by Crippen LogP contribution is 2.39. The van der Waals surface area contributed by atoms with Crippen LogP contribution in [-0.2, 0) is 6.42 Å². The summed E-state index contributed by atoms with van der Waals surface area (Å²) in [6.45, 7) is 0. The van der Waals surface area contributed by atoms with Crippen LogP contribution < -0.4 is 18.9 Å². The summed E-state index contributed by atoms with van der Waals surface area (Å²) in [5.74, 6) is 1.90. The van der Waals surface area contributed by atoms with Crippen molar-refractivity contribution in [2.45, 2.75) is 6.42 Å². The van der Waals surface area contributed by atoms with Crippen molar-refractivity contribution in [1.82, 2.24) is 0 Å². The van der Waals surface area contributed by atoms with Crippen LogP contribution in [0, 0.1) is 0 Å². The molecule has 6 heteroatoms. The summed E-state index contributed by atoms with van der Waals surface area (Å²) >= 11 is 0. The van der Waals surface area contributed by atoms with E-state index in [0.717, 1.165) is 11.1 Å². The zero-order chi connectivity index (χ0) is 24.5. The quantitative estimate of drug-likeness (QED) is 0.242. The highest BCUT2D eigenvalue weighted by Gasteiger charge is 2.14. The zero-order valence-electron chi connectivity index (χ0n) is 19.7. The van der Waals surface area contributed by atoms with Crippen LogP contribution in [0.25, 0.3) is 12.2 Å². The standard InChI is InChI=1S/C28H28O6/c1-31-24-16-15-20(14-13-19-17-25(32-2)28(34-4)26(18-19)33-3)22(27(24)30)11-8-12-23(29)21-9-6-5-7-10-21/h5-10,12-18,30H,11H2,1-4H3/b12-8-,14-13-. The number of phenols is 1. The predicted molar refractivity (Wildman–Crippen MR) is 133 cm³/mol. The molecule has 0 heterocycles. The number of methoxy groups -OCH3 is 4. The van der Waals surface area contributed by atoms with Gasteiger partial charge >= 0.3 is 0 Å². The van der Waals surface area contributed by atoms with Crippen LogP contribution in [0.5, 0.6) is 28.7 Å². The molecule has 176 valence electrons. The van der Waals surface area contributed by atoms with E-state index >= 15 is 0 Å². The summed E-state index contributed by atoms with van der Waals surface area (Å²) in [7, 11) is 6.18. The van der Waals surface area contributed by atoms with Gasteiger partial charge in [-0.2, -0.15) is 0 Å². The Labute approximate surface area is 199 Å². The van der Waals surface area contributed by atoms with Crippen LogP contribution in [0.15, 0.2) is 66.7 Å². The fourth-order valence-corrected chi connectivity index (χ4v) is 3.53. The van der Waals surface area contributed by atoms with Gasteiger partial charge in [-0.3, -0.25) is 4.79 Å². The fraction of sp³-hybridized carbons (Fsp3) is 0.179. The molecule has 0 aromatic heterocycles. The van der Waals surface area contributed by atoms with Crippen LogP contribution >= 0.6 is 0 Å². The van der Waals surface area contributed by atoms with E-state index in [1.807, 2.05) is 48.6 Å². The molecule has 6 nitrogen and oxygen atoms in total. The molecule has 3 rings (SSSR count). The maximum absolute atomic E-state index is 12.4. The van der Waals surface area contributed by atoms with E-state index in [1.54, 1.807) is 45.6 Å². The van der Waals surface area contributed by atoms with Crippen molar-refractivity contribution < 1.29 is 28.8 Å². The minimum Gasteiger partial charge on any atom is -0.504 e. The lowest BCUT2D eigenvalue weighted by atomic mass is 10.00. The number of aromatic hydroxyl groups is 1. The van der Waals surface area contributed by atoms with Gasteiger partial charge in [0.2, 0.25) is 5.75 Å². The van der Waals surface area contributed by atoms with E-state index in [2.05, 4.69) is 0 Å². The number of allylic oxidation sites excluding steroid dienone is 2. The molecule has 0 atom stereocenters. The molecule has 0 unspecified atom stereocenters. The second-order valence-electron chi connectivity index (χ2n) is 7.31. The first-order valence-electron chi connectivity index (χ1n) is 10.6. The number of benzene rings is 3. The molecular weight excluding hydrogens is 432 g/mol. The largest absolute Gasteiger partial charge is 0.504 e. The van der Waals surface area contributed by atoms with Crippen LogP contribution in [0.3, 0.4) is 0 Å². The van der Waals surface area contributed by atoms with Gasteiger partial charge in [-0.15, -0.1) is 0 Å². The smallest absolute Gasteiger partial charge is 0.203 e. The Kier molecular flexibility index (Phi) is 8.35. The molecule has 0 aliphatic rings. The van der Waals surface area contributed by atoms with Crippen molar-refractivity contribution in [3.8, 4) is 28.7 Å². The van der Waals surface area contributed by atoms with Gasteiger partial charge in [0, 0.05) is 11.1 Å². The first kappa shape index (κ1) is 24.5. The van der Waals surface area contributed by atoms with Crippen molar-refractivity contribution >= 4 is 17.9 Å². The molecule has 3 aromatic carbocycles. The van der Waals surface area contributed by atoms with Crippen LogP contribution in [0.1, 0.15) is 27.0 Å². The molecule has 0 aliphatic heterocycles. The number of carbonyl (C=O) groups is 1. The number of carbonyl (C=O) groups excluding carboxylic acids is 1. The molecule has 0 saturated carbocycles. The minimum absolute atomic E-state index is 0.0337. The summed E-state index contributed by atoms with van der Waals surface area (Å²) in [5.41, 5.74) is 2.85. The van der Waals surface area contributed by atoms with Crippen LogP contribution in [0.4, 0.5) is 0 Å². The molecule has 0 spiro atoms. The molecule has 34 heavy (non-hydrogen) atoms. The normalized spacial score (nSPS) is 11.1. The summed E-state index contributed by atoms with van der Waals surface area (Å²) in [6.07, 6.45) is 7.36. The van der Waals surface area contributed by atoms with Gasteiger partial charge in [0.05, 0.1) is 28.4 Å². The Balaban J connectivity index is 1.92. The summed E-state index contributed by atoms with van der Waals surface area (Å²) in [4.78, 5) is 12.4. The third-order valence-corrected chi connectivity index (χ3v) is 5.29. The van der Waals surface area contributed by atoms with E-state index in [4.69, 9.17) is 18.9 Å². The van der Waals surface area contributed by atoms with Crippen molar-refractivity contribution in [3.63, 3.8) is 0 Å². The number of ketones is 1. The third kappa shape index (κ3) is 5.59. The Morgan fingerprint density at radius 2 is 1.47 bits per heavy atom. The highest BCUT2D eigenvalue weighted by molar-refractivity contribution is 6.04. The summed E-state index contributed by atoms with van der Waals surface area (Å²) < 4.78 is 21.5. The lowest BCUT2D eigenvalue weighted by Crippen LogP contribution is -1.96. The van der Waals surface area contributed by atoms with Crippen LogP contribution in [0.2, 0.25) is 0 Å². The van der Waals surface area contributed by atoms with E-state index in [1.165, 1.54) is 13.2 Å². The highest BCUT2D eigenvalue weighted by atomic mass is 16.5. The monoisotopic (exact) mass is 460 g/mol. The second kappa shape index (κ2) is 11.6. The summed E-state index contributed by atoms with van der Waals surface area (Å²) in [5, 5.41) is 10.7. The lowest BCUT2D eigenvalue weighted by molar-refractivity contribution is 0.104. The Bertz CT molecular complexity index is 1170. The SMILES string of the molecule is COc1ccc(/C=C\c2cc(OC)c(OC)c(OC)c2)c(C/C=C\C(=O)c2ccccc2)c1O.